The first-order chi connectivity index (χ1) is 9.24. The summed E-state index contributed by atoms with van der Waals surface area (Å²) in [6.45, 7) is 4.51. The highest BCUT2D eigenvalue weighted by atomic mass is 32.1. The van der Waals surface area contributed by atoms with Crippen LogP contribution in [0.1, 0.15) is 22.0 Å². The number of pyridine rings is 1. The topological polar surface area (TPSA) is 46.9 Å². The van der Waals surface area contributed by atoms with Gasteiger partial charge >= 0.3 is 0 Å². The fourth-order valence-corrected chi connectivity index (χ4v) is 3.16. The summed E-state index contributed by atoms with van der Waals surface area (Å²) in [5, 5.41) is 6.47. The summed E-state index contributed by atoms with van der Waals surface area (Å²) in [6, 6.07) is 3.66. The van der Waals surface area contributed by atoms with Gasteiger partial charge < -0.3 is 9.88 Å². The third-order valence-electron chi connectivity index (χ3n) is 3.49. The van der Waals surface area contributed by atoms with E-state index in [2.05, 4.69) is 10.3 Å². The minimum Gasteiger partial charge on any atom is -0.316 e. The monoisotopic (exact) mass is 275 g/mol. The van der Waals surface area contributed by atoms with Crippen LogP contribution in [0, 0.1) is 6.92 Å². The number of hydrogen-bond acceptors (Lipinski definition) is 4. The van der Waals surface area contributed by atoms with Crippen LogP contribution in [0.15, 0.2) is 22.3 Å². The van der Waals surface area contributed by atoms with Crippen molar-refractivity contribution in [3.63, 3.8) is 0 Å². The second kappa shape index (κ2) is 5.27. The molecule has 4 nitrogen and oxygen atoms in total. The van der Waals surface area contributed by atoms with Crippen LogP contribution >= 0.6 is 11.3 Å². The van der Waals surface area contributed by atoms with Crippen LogP contribution in [-0.2, 0) is 19.4 Å². The lowest BCUT2D eigenvalue weighted by Gasteiger charge is -2.13. The van der Waals surface area contributed by atoms with Gasteiger partial charge in [0.05, 0.1) is 17.2 Å². The predicted molar refractivity (Wildman–Crippen MR) is 76.9 cm³/mol. The van der Waals surface area contributed by atoms with Crippen LogP contribution in [0.3, 0.4) is 0 Å². The molecule has 0 aromatic carbocycles. The zero-order valence-electron chi connectivity index (χ0n) is 11.0. The van der Waals surface area contributed by atoms with Crippen LogP contribution in [-0.4, -0.2) is 22.6 Å². The van der Waals surface area contributed by atoms with Crippen LogP contribution in [0.2, 0.25) is 0 Å². The first kappa shape index (κ1) is 12.6. The molecule has 3 rings (SSSR count). The van der Waals surface area contributed by atoms with Gasteiger partial charge in [0.2, 0.25) is 0 Å². The van der Waals surface area contributed by atoms with Gasteiger partial charge in [0, 0.05) is 30.1 Å². The number of thiazole rings is 1. The van der Waals surface area contributed by atoms with Gasteiger partial charge in [-0.3, -0.25) is 4.79 Å². The van der Waals surface area contributed by atoms with E-state index < -0.39 is 0 Å². The SMILES string of the molecule is Cc1nc(Cn2c3c(ccc2=O)CCNCC3)cs1. The summed E-state index contributed by atoms with van der Waals surface area (Å²) in [4.78, 5) is 16.6. The molecule has 1 N–H and O–H groups in total. The molecule has 1 aliphatic heterocycles. The molecule has 0 unspecified atom stereocenters. The molecule has 0 amide bonds. The molecule has 100 valence electrons. The molecule has 0 atom stereocenters. The van der Waals surface area contributed by atoms with Gasteiger partial charge in [-0.05, 0) is 25.5 Å². The molecule has 19 heavy (non-hydrogen) atoms. The number of rotatable bonds is 2. The van der Waals surface area contributed by atoms with Crippen molar-refractivity contribution in [2.24, 2.45) is 0 Å². The molecule has 0 aliphatic carbocycles. The maximum atomic E-state index is 12.1. The van der Waals surface area contributed by atoms with Crippen LogP contribution in [0.5, 0.6) is 0 Å². The molecule has 3 heterocycles. The number of nitrogens with zero attached hydrogens (tertiary/aromatic N) is 2. The van der Waals surface area contributed by atoms with Crippen molar-refractivity contribution >= 4 is 11.3 Å². The Kier molecular flexibility index (Phi) is 3.48. The van der Waals surface area contributed by atoms with Crippen molar-refractivity contribution in [2.45, 2.75) is 26.3 Å². The summed E-state index contributed by atoms with van der Waals surface area (Å²) in [6.07, 6.45) is 1.90. The molecule has 0 saturated heterocycles. The zero-order valence-corrected chi connectivity index (χ0v) is 11.8. The first-order valence-corrected chi connectivity index (χ1v) is 7.45. The van der Waals surface area contributed by atoms with E-state index in [1.165, 1.54) is 11.3 Å². The lowest BCUT2D eigenvalue weighted by Crippen LogP contribution is -2.25. The Labute approximate surface area is 116 Å². The second-order valence-corrected chi connectivity index (χ2v) is 5.90. The molecule has 0 saturated carbocycles. The normalized spacial score (nSPS) is 15.0. The first-order valence-electron chi connectivity index (χ1n) is 6.57. The summed E-state index contributed by atoms with van der Waals surface area (Å²) in [5.74, 6) is 0. The number of nitrogens with one attached hydrogen (secondary N) is 1. The molecule has 2 aromatic heterocycles. The van der Waals surface area contributed by atoms with Crippen LogP contribution < -0.4 is 10.9 Å². The van der Waals surface area contributed by atoms with E-state index >= 15 is 0 Å². The Morgan fingerprint density at radius 3 is 3.00 bits per heavy atom. The fourth-order valence-electron chi connectivity index (χ4n) is 2.56. The summed E-state index contributed by atoms with van der Waals surface area (Å²) < 4.78 is 1.89. The highest BCUT2D eigenvalue weighted by Crippen LogP contribution is 2.14. The molecule has 0 bridgehead atoms. The second-order valence-electron chi connectivity index (χ2n) is 4.84. The minimum absolute atomic E-state index is 0.0753. The Morgan fingerprint density at radius 1 is 1.37 bits per heavy atom. The smallest absolute Gasteiger partial charge is 0.251 e. The van der Waals surface area contributed by atoms with Gasteiger partial charge in [-0.25, -0.2) is 4.98 Å². The molecule has 5 heteroatoms. The van der Waals surface area contributed by atoms with Gasteiger partial charge in [-0.2, -0.15) is 0 Å². The van der Waals surface area contributed by atoms with E-state index in [0.717, 1.165) is 36.6 Å². The highest BCUT2D eigenvalue weighted by molar-refractivity contribution is 7.09. The predicted octanol–water partition coefficient (Wildman–Crippen LogP) is 1.35. The minimum atomic E-state index is 0.0753. The van der Waals surface area contributed by atoms with E-state index in [4.69, 9.17) is 0 Å². The zero-order chi connectivity index (χ0) is 13.2. The van der Waals surface area contributed by atoms with Crippen molar-refractivity contribution < 1.29 is 0 Å². The van der Waals surface area contributed by atoms with E-state index in [1.54, 1.807) is 17.4 Å². The number of aryl methyl sites for hydroxylation is 1. The van der Waals surface area contributed by atoms with Crippen LogP contribution in [0.25, 0.3) is 0 Å². The number of fused-ring (bicyclic) bond motifs is 1. The molecule has 2 aromatic rings. The maximum absolute atomic E-state index is 12.1. The number of hydrogen-bond donors (Lipinski definition) is 1. The van der Waals surface area contributed by atoms with Gasteiger partial charge in [0.25, 0.3) is 5.56 Å². The van der Waals surface area contributed by atoms with Gasteiger partial charge in [-0.1, -0.05) is 6.07 Å². The van der Waals surface area contributed by atoms with Gasteiger partial charge in [0.1, 0.15) is 0 Å². The summed E-state index contributed by atoms with van der Waals surface area (Å²) >= 11 is 1.63. The Balaban J connectivity index is 2.02. The maximum Gasteiger partial charge on any atom is 0.251 e. The van der Waals surface area contributed by atoms with E-state index in [1.807, 2.05) is 22.9 Å². The number of aromatic nitrogens is 2. The molecule has 0 radical (unpaired) electrons. The molecular weight excluding hydrogens is 258 g/mol. The largest absolute Gasteiger partial charge is 0.316 e. The average Bonchev–Trinajstić information content (AvgIpc) is 2.66. The van der Waals surface area contributed by atoms with Crippen molar-refractivity contribution in [1.29, 1.82) is 0 Å². The van der Waals surface area contributed by atoms with Crippen molar-refractivity contribution in [1.82, 2.24) is 14.9 Å². The third kappa shape index (κ3) is 2.62. The van der Waals surface area contributed by atoms with E-state index in [9.17, 15) is 4.79 Å². The quantitative estimate of drug-likeness (QED) is 0.900. The Bertz CT molecular complexity index is 644. The molecular formula is C14H17N3OS. The van der Waals surface area contributed by atoms with Crippen LogP contribution in [0.4, 0.5) is 0 Å². The Hall–Kier alpha value is -1.46. The lowest BCUT2D eigenvalue weighted by molar-refractivity contribution is 0.663. The lowest BCUT2D eigenvalue weighted by atomic mass is 10.1. The van der Waals surface area contributed by atoms with E-state index in [0.29, 0.717) is 6.54 Å². The molecule has 0 fully saturated rings. The third-order valence-corrected chi connectivity index (χ3v) is 4.31. The average molecular weight is 275 g/mol. The van der Waals surface area contributed by atoms with E-state index in [-0.39, 0.29) is 5.56 Å². The summed E-state index contributed by atoms with van der Waals surface area (Å²) in [7, 11) is 0. The van der Waals surface area contributed by atoms with Gasteiger partial charge in [0.15, 0.2) is 0 Å². The standard InChI is InChI=1S/C14H17N3OS/c1-10-16-12(9-19-10)8-17-13-5-7-15-6-4-11(13)2-3-14(17)18/h2-3,9,15H,4-8H2,1H3. The highest BCUT2D eigenvalue weighted by Gasteiger charge is 2.13. The van der Waals surface area contributed by atoms with Crippen molar-refractivity contribution in [3.05, 3.63) is 49.8 Å². The molecule has 0 spiro atoms. The van der Waals surface area contributed by atoms with Crippen molar-refractivity contribution in [2.75, 3.05) is 13.1 Å². The summed E-state index contributed by atoms with van der Waals surface area (Å²) in [5.41, 5.74) is 3.52. The molecule has 1 aliphatic rings. The van der Waals surface area contributed by atoms with Gasteiger partial charge in [-0.15, -0.1) is 11.3 Å². The van der Waals surface area contributed by atoms with Crippen molar-refractivity contribution in [3.8, 4) is 0 Å². The Morgan fingerprint density at radius 2 is 2.21 bits per heavy atom. The fraction of sp³-hybridized carbons (Fsp3) is 0.429.